The third-order valence-electron chi connectivity index (χ3n) is 1.68. The number of carboxylic acids is 1. The van der Waals surface area contributed by atoms with Gasteiger partial charge in [-0.25, -0.2) is 8.42 Å². The van der Waals surface area contributed by atoms with E-state index < -0.39 is 21.7 Å². The van der Waals surface area contributed by atoms with Gasteiger partial charge in [-0.05, 0) is 20.3 Å². The van der Waals surface area contributed by atoms with Gasteiger partial charge >= 0.3 is 5.97 Å². The Morgan fingerprint density at radius 2 is 1.93 bits per heavy atom. The summed E-state index contributed by atoms with van der Waals surface area (Å²) in [6, 6.07) is -0.195. The normalized spacial score (nSPS) is 12.4. The van der Waals surface area contributed by atoms with Gasteiger partial charge in [0.25, 0.3) is 0 Å². The molecule has 5 nitrogen and oxygen atoms in total. The zero-order valence-corrected chi connectivity index (χ0v) is 9.54. The van der Waals surface area contributed by atoms with E-state index in [0.717, 1.165) is 0 Å². The van der Waals surface area contributed by atoms with Crippen molar-refractivity contribution in [3.05, 3.63) is 0 Å². The van der Waals surface area contributed by atoms with Crippen molar-refractivity contribution in [2.24, 2.45) is 0 Å². The van der Waals surface area contributed by atoms with Crippen molar-refractivity contribution in [2.75, 3.05) is 12.3 Å². The van der Waals surface area contributed by atoms with E-state index in [4.69, 9.17) is 5.11 Å². The average molecular weight is 223 g/mol. The standard InChI is InChI=1S/C8H17NO4S/c1-4-5-9(7(2)3)14(12,13)6-8(10)11/h7H,4-6H2,1-3H3,(H,10,11). The van der Waals surface area contributed by atoms with Crippen LogP contribution in [0.4, 0.5) is 0 Å². The van der Waals surface area contributed by atoms with E-state index in [1.165, 1.54) is 4.31 Å². The molecule has 0 aliphatic rings. The fourth-order valence-corrected chi connectivity index (χ4v) is 2.76. The lowest BCUT2D eigenvalue weighted by atomic mass is 10.4. The quantitative estimate of drug-likeness (QED) is 0.712. The van der Waals surface area contributed by atoms with Crippen molar-refractivity contribution in [3.63, 3.8) is 0 Å². The van der Waals surface area contributed by atoms with Gasteiger partial charge in [0.2, 0.25) is 10.0 Å². The van der Waals surface area contributed by atoms with Gasteiger partial charge in [-0.1, -0.05) is 6.92 Å². The topological polar surface area (TPSA) is 74.7 Å². The fourth-order valence-electron chi connectivity index (χ4n) is 1.18. The molecule has 0 aromatic carbocycles. The molecule has 84 valence electrons. The first-order valence-corrected chi connectivity index (χ1v) is 6.13. The molecule has 0 rings (SSSR count). The monoisotopic (exact) mass is 223 g/mol. The van der Waals surface area contributed by atoms with Crippen LogP contribution < -0.4 is 0 Å². The number of aliphatic carboxylic acids is 1. The van der Waals surface area contributed by atoms with Crippen LogP contribution >= 0.6 is 0 Å². The molecule has 0 spiro atoms. The molecule has 0 unspecified atom stereocenters. The number of nitrogens with zero attached hydrogens (tertiary/aromatic N) is 1. The predicted molar refractivity (Wildman–Crippen MR) is 53.6 cm³/mol. The number of carbonyl (C=O) groups is 1. The van der Waals surface area contributed by atoms with Crippen LogP contribution in [0, 0.1) is 0 Å². The molecule has 0 aromatic rings. The van der Waals surface area contributed by atoms with Gasteiger partial charge in [0.15, 0.2) is 5.75 Å². The Labute approximate surface area is 84.8 Å². The van der Waals surface area contributed by atoms with Gasteiger partial charge in [-0.15, -0.1) is 0 Å². The summed E-state index contributed by atoms with van der Waals surface area (Å²) in [5.41, 5.74) is 0. The molecule has 0 aliphatic carbocycles. The van der Waals surface area contributed by atoms with E-state index in [0.29, 0.717) is 13.0 Å². The summed E-state index contributed by atoms with van der Waals surface area (Å²) in [5, 5.41) is 8.44. The lowest BCUT2D eigenvalue weighted by molar-refractivity contribution is -0.134. The highest BCUT2D eigenvalue weighted by molar-refractivity contribution is 7.89. The van der Waals surface area contributed by atoms with Crippen molar-refractivity contribution in [3.8, 4) is 0 Å². The number of rotatable bonds is 6. The third-order valence-corrected chi connectivity index (χ3v) is 3.61. The predicted octanol–water partition coefficient (Wildman–Crippen LogP) is 0.521. The molecule has 0 saturated heterocycles. The second-order valence-electron chi connectivity index (χ2n) is 3.35. The molecule has 0 fully saturated rings. The molecule has 0 bridgehead atoms. The van der Waals surface area contributed by atoms with E-state index >= 15 is 0 Å². The van der Waals surface area contributed by atoms with Crippen LogP contribution in [0.15, 0.2) is 0 Å². The van der Waals surface area contributed by atoms with Crippen molar-refractivity contribution >= 4 is 16.0 Å². The van der Waals surface area contributed by atoms with Gasteiger partial charge in [0.05, 0.1) is 0 Å². The molecule has 14 heavy (non-hydrogen) atoms. The first-order valence-electron chi connectivity index (χ1n) is 4.52. The second-order valence-corrected chi connectivity index (χ2v) is 5.28. The van der Waals surface area contributed by atoms with E-state index in [-0.39, 0.29) is 6.04 Å². The Bertz CT molecular complexity index is 284. The second kappa shape index (κ2) is 5.31. The van der Waals surface area contributed by atoms with E-state index in [1.54, 1.807) is 13.8 Å². The van der Waals surface area contributed by atoms with E-state index in [1.807, 2.05) is 6.92 Å². The number of hydrogen-bond donors (Lipinski definition) is 1. The first-order chi connectivity index (χ1) is 6.31. The van der Waals surface area contributed by atoms with E-state index in [2.05, 4.69) is 0 Å². The summed E-state index contributed by atoms with van der Waals surface area (Å²) in [6.45, 7) is 5.68. The van der Waals surface area contributed by atoms with Gasteiger partial charge in [-0.2, -0.15) is 4.31 Å². The summed E-state index contributed by atoms with van der Waals surface area (Å²) in [6.07, 6.45) is 0.678. The Morgan fingerprint density at radius 1 is 1.43 bits per heavy atom. The Balaban J connectivity index is 4.72. The van der Waals surface area contributed by atoms with Gasteiger partial charge in [0, 0.05) is 12.6 Å². The SMILES string of the molecule is CCCN(C(C)C)S(=O)(=O)CC(=O)O. The summed E-state index contributed by atoms with van der Waals surface area (Å²) in [5.74, 6) is -2.14. The maximum atomic E-state index is 11.5. The highest BCUT2D eigenvalue weighted by Gasteiger charge is 2.26. The van der Waals surface area contributed by atoms with Gasteiger partial charge in [0.1, 0.15) is 0 Å². The van der Waals surface area contributed by atoms with E-state index in [9.17, 15) is 13.2 Å². The zero-order chi connectivity index (χ0) is 11.4. The first kappa shape index (κ1) is 13.4. The summed E-state index contributed by atoms with van der Waals surface area (Å²) >= 11 is 0. The number of carboxylic acid groups (broad SMARTS) is 1. The molecular weight excluding hydrogens is 206 g/mol. The van der Waals surface area contributed by atoms with Crippen molar-refractivity contribution in [1.82, 2.24) is 4.31 Å². The average Bonchev–Trinajstić information content (AvgIpc) is 1.96. The van der Waals surface area contributed by atoms with Crippen molar-refractivity contribution in [1.29, 1.82) is 0 Å². The number of sulfonamides is 1. The molecule has 1 N–H and O–H groups in total. The minimum Gasteiger partial charge on any atom is -0.480 e. The molecule has 0 amide bonds. The lowest BCUT2D eigenvalue weighted by Gasteiger charge is -2.24. The van der Waals surface area contributed by atoms with Crippen LogP contribution in [0.3, 0.4) is 0 Å². The molecule has 0 saturated carbocycles. The van der Waals surface area contributed by atoms with Gasteiger partial charge < -0.3 is 5.11 Å². The van der Waals surface area contributed by atoms with Crippen LogP contribution in [0.2, 0.25) is 0 Å². The highest BCUT2D eigenvalue weighted by atomic mass is 32.2. The maximum Gasteiger partial charge on any atom is 0.320 e. The summed E-state index contributed by atoms with van der Waals surface area (Å²) < 4.78 is 24.3. The highest BCUT2D eigenvalue weighted by Crippen LogP contribution is 2.08. The summed E-state index contributed by atoms with van der Waals surface area (Å²) in [7, 11) is -3.65. The smallest absolute Gasteiger partial charge is 0.320 e. The molecular formula is C8H17NO4S. The summed E-state index contributed by atoms with van der Waals surface area (Å²) in [4.78, 5) is 10.3. The number of hydrogen-bond acceptors (Lipinski definition) is 3. The molecule has 0 radical (unpaired) electrons. The molecule has 0 heterocycles. The van der Waals surface area contributed by atoms with Crippen LogP contribution in [0.1, 0.15) is 27.2 Å². The third kappa shape index (κ3) is 4.06. The Morgan fingerprint density at radius 3 is 2.21 bits per heavy atom. The molecule has 0 atom stereocenters. The minimum atomic E-state index is -3.65. The van der Waals surface area contributed by atoms with Crippen LogP contribution in [0.5, 0.6) is 0 Å². The molecule has 0 aromatic heterocycles. The fraction of sp³-hybridized carbons (Fsp3) is 0.875. The zero-order valence-electron chi connectivity index (χ0n) is 8.73. The maximum absolute atomic E-state index is 11.5. The van der Waals surface area contributed by atoms with Gasteiger partial charge in [-0.3, -0.25) is 4.79 Å². The van der Waals surface area contributed by atoms with Crippen LogP contribution in [0.25, 0.3) is 0 Å². The van der Waals surface area contributed by atoms with Crippen LogP contribution in [-0.2, 0) is 14.8 Å². The minimum absolute atomic E-state index is 0.195. The van der Waals surface area contributed by atoms with Crippen LogP contribution in [-0.4, -0.2) is 42.1 Å². The van der Waals surface area contributed by atoms with Crippen molar-refractivity contribution < 1.29 is 18.3 Å². The lowest BCUT2D eigenvalue weighted by Crippen LogP contribution is -2.40. The van der Waals surface area contributed by atoms with Crippen molar-refractivity contribution in [2.45, 2.75) is 33.2 Å². The molecule has 0 aliphatic heterocycles. The largest absolute Gasteiger partial charge is 0.480 e. The molecule has 6 heteroatoms. The Hall–Kier alpha value is -0.620. The Kier molecular flexibility index (Phi) is 5.07.